The molecule has 1 saturated heterocycles. The number of hydrogen-bond donors (Lipinski definition) is 0. The molecule has 0 amide bonds. The molecular formula is C25H20O5. The number of ether oxygens (including phenoxy) is 3. The number of allylic oxidation sites excluding steroid dienone is 5. The van der Waals surface area contributed by atoms with E-state index in [1.807, 2.05) is 72.8 Å². The zero-order valence-electron chi connectivity index (χ0n) is 16.6. The number of carbonyl (C=O) groups is 2. The molecule has 0 radical (unpaired) electrons. The summed E-state index contributed by atoms with van der Waals surface area (Å²) in [7, 11) is 0. The van der Waals surface area contributed by atoms with Crippen LogP contribution in [0.5, 0.6) is 0 Å². The number of esters is 2. The van der Waals surface area contributed by atoms with E-state index in [0.717, 1.165) is 16.7 Å². The topological polar surface area (TPSA) is 61.8 Å². The summed E-state index contributed by atoms with van der Waals surface area (Å²) in [6, 6.07) is 19.4. The van der Waals surface area contributed by atoms with Crippen molar-refractivity contribution < 1.29 is 23.8 Å². The molecule has 150 valence electrons. The fourth-order valence-electron chi connectivity index (χ4n) is 3.08. The predicted octanol–water partition coefficient (Wildman–Crippen LogP) is 4.79. The lowest BCUT2D eigenvalue weighted by atomic mass is 10.0. The van der Waals surface area contributed by atoms with Gasteiger partial charge in [-0.2, -0.15) is 0 Å². The summed E-state index contributed by atoms with van der Waals surface area (Å²) in [5, 5.41) is 0. The highest BCUT2D eigenvalue weighted by atomic mass is 16.7. The summed E-state index contributed by atoms with van der Waals surface area (Å²) >= 11 is 0. The van der Waals surface area contributed by atoms with E-state index in [-0.39, 0.29) is 5.57 Å². The molecule has 0 aliphatic carbocycles. The summed E-state index contributed by atoms with van der Waals surface area (Å²) in [6.07, 6.45) is 6.79. The van der Waals surface area contributed by atoms with Crippen molar-refractivity contribution in [3.05, 3.63) is 107 Å². The summed E-state index contributed by atoms with van der Waals surface area (Å²) in [4.78, 5) is 24.4. The fraction of sp³-hybridized carbons (Fsp3) is 0.120. The van der Waals surface area contributed by atoms with Gasteiger partial charge in [0.2, 0.25) is 0 Å². The zero-order chi connectivity index (χ0) is 21.1. The predicted molar refractivity (Wildman–Crippen MR) is 112 cm³/mol. The van der Waals surface area contributed by atoms with Crippen LogP contribution < -0.4 is 0 Å². The second-order valence-corrected chi connectivity index (χ2v) is 7.28. The molecule has 0 N–H and O–H groups in total. The quantitative estimate of drug-likeness (QED) is 0.421. The van der Waals surface area contributed by atoms with Gasteiger partial charge in [0.1, 0.15) is 17.1 Å². The van der Waals surface area contributed by atoms with Crippen LogP contribution >= 0.6 is 0 Å². The van der Waals surface area contributed by atoms with E-state index in [1.165, 1.54) is 19.9 Å². The molecule has 0 unspecified atom stereocenters. The molecule has 0 aromatic heterocycles. The van der Waals surface area contributed by atoms with Gasteiger partial charge in [-0.25, -0.2) is 9.59 Å². The lowest BCUT2D eigenvalue weighted by molar-refractivity contribution is -0.222. The summed E-state index contributed by atoms with van der Waals surface area (Å²) in [5.41, 5.74) is 2.43. The van der Waals surface area contributed by atoms with Crippen molar-refractivity contribution in [3.63, 3.8) is 0 Å². The highest BCUT2D eigenvalue weighted by Gasteiger charge is 2.38. The fourth-order valence-corrected chi connectivity index (χ4v) is 3.08. The Hall–Kier alpha value is -3.86. The maximum Gasteiger partial charge on any atom is 0.348 e. The van der Waals surface area contributed by atoms with Gasteiger partial charge in [0, 0.05) is 25.0 Å². The van der Waals surface area contributed by atoms with Gasteiger partial charge in [0.05, 0.1) is 0 Å². The van der Waals surface area contributed by atoms with Crippen molar-refractivity contribution >= 4 is 23.5 Å². The number of hydrogen-bond acceptors (Lipinski definition) is 5. The molecule has 4 rings (SSSR count). The maximum absolute atomic E-state index is 12.2. The number of benzene rings is 2. The molecular weight excluding hydrogens is 380 g/mol. The molecule has 5 heteroatoms. The Morgan fingerprint density at radius 2 is 1.17 bits per heavy atom. The van der Waals surface area contributed by atoms with Gasteiger partial charge >= 0.3 is 11.9 Å². The first-order valence-corrected chi connectivity index (χ1v) is 9.52. The van der Waals surface area contributed by atoms with Crippen molar-refractivity contribution in [3.8, 4) is 0 Å². The van der Waals surface area contributed by atoms with Gasteiger partial charge in [-0.15, -0.1) is 0 Å². The van der Waals surface area contributed by atoms with E-state index in [0.29, 0.717) is 11.5 Å². The SMILES string of the molecule is CC1(C)OC(=O)C(=CC=C2C=C(c3ccccc3)OC(c3ccccc3)=C2)C(=O)O1. The Bertz CT molecular complexity index is 1020. The van der Waals surface area contributed by atoms with Crippen LogP contribution in [0.1, 0.15) is 25.0 Å². The highest BCUT2D eigenvalue weighted by Crippen LogP contribution is 2.32. The third-order valence-corrected chi connectivity index (χ3v) is 4.49. The third kappa shape index (κ3) is 4.25. The van der Waals surface area contributed by atoms with Crippen LogP contribution in [-0.4, -0.2) is 17.7 Å². The first-order chi connectivity index (χ1) is 14.4. The van der Waals surface area contributed by atoms with E-state index < -0.39 is 17.7 Å². The average molecular weight is 400 g/mol. The van der Waals surface area contributed by atoms with Gasteiger partial charge in [0.25, 0.3) is 5.79 Å². The van der Waals surface area contributed by atoms with Crippen molar-refractivity contribution in [1.29, 1.82) is 0 Å². The van der Waals surface area contributed by atoms with Crippen molar-refractivity contribution in [2.75, 3.05) is 0 Å². The minimum Gasteiger partial charge on any atom is -0.456 e. The van der Waals surface area contributed by atoms with Gasteiger partial charge in [0.15, 0.2) is 0 Å². The minimum absolute atomic E-state index is 0.155. The van der Waals surface area contributed by atoms with Crippen LogP contribution in [0.4, 0.5) is 0 Å². The molecule has 2 aromatic carbocycles. The molecule has 2 aromatic rings. The number of rotatable bonds is 3. The van der Waals surface area contributed by atoms with E-state index in [2.05, 4.69) is 0 Å². The van der Waals surface area contributed by atoms with Crippen LogP contribution in [0.3, 0.4) is 0 Å². The lowest BCUT2D eigenvalue weighted by Gasteiger charge is -2.29. The molecule has 30 heavy (non-hydrogen) atoms. The van der Waals surface area contributed by atoms with Gasteiger partial charge in [-0.3, -0.25) is 0 Å². The zero-order valence-corrected chi connectivity index (χ0v) is 16.6. The van der Waals surface area contributed by atoms with Gasteiger partial charge < -0.3 is 14.2 Å². The molecule has 2 aliphatic heterocycles. The van der Waals surface area contributed by atoms with Crippen LogP contribution in [-0.2, 0) is 23.8 Å². The number of carbonyl (C=O) groups excluding carboxylic acids is 2. The molecule has 1 fully saturated rings. The number of cyclic esters (lactones) is 2. The highest BCUT2D eigenvalue weighted by molar-refractivity contribution is 6.15. The Morgan fingerprint density at radius 1 is 0.700 bits per heavy atom. The first-order valence-electron chi connectivity index (χ1n) is 9.52. The van der Waals surface area contributed by atoms with Gasteiger partial charge in [-0.1, -0.05) is 66.7 Å². The molecule has 2 aliphatic rings. The lowest BCUT2D eigenvalue weighted by Crippen LogP contribution is -2.41. The van der Waals surface area contributed by atoms with Crippen LogP contribution in [0.15, 0.2) is 96.1 Å². The summed E-state index contributed by atoms with van der Waals surface area (Å²) < 4.78 is 16.4. The van der Waals surface area contributed by atoms with Crippen molar-refractivity contribution in [1.82, 2.24) is 0 Å². The molecule has 0 spiro atoms. The Labute approximate surface area is 174 Å². The molecule has 5 nitrogen and oxygen atoms in total. The smallest absolute Gasteiger partial charge is 0.348 e. The standard InChI is InChI=1S/C25H20O5/c1-25(2)29-23(26)20(24(27)30-25)14-13-17-15-21(18-9-5-3-6-10-18)28-22(16-17)19-11-7-4-8-12-19/h3-16H,1-2H3. The largest absolute Gasteiger partial charge is 0.456 e. The third-order valence-electron chi connectivity index (χ3n) is 4.49. The molecule has 2 heterocycles. The molecule has 0 atom stereocenters. The Balaban J connectivity index is 1.72. The first kappa shape index (κ1) is 19.5. The van der Waals surface area contributed by atoms with E-state index in [1.54, 1.807) is 6.08 Å². The van der Waals surface area contributed by atoms with E-state index in [9.17, 15) is 9.59 Å². The Kier molecular flexibility index (Phi) is 5.11. The van der Waals surface area contributed by atoms with Crippen LogP contribution in [0.25, 0.3) is 11.5 Å². The summed E-state index contributed by atoms with van der Waals surface area (Å²) in [5.74, 6) is -1.36. The monoisotopic (exact) mass is 400 g/mol. The minimum atomic E-state index is -1.27. The van der Waals surface area contributed by atoms with Crippen molar-refractivity contribution in [2.24, 2.45) is 0 Å². The second kappa shape index (κ2) is 7.87. The Morgan fingerprint density at radius 3 is 1.63 bits per heavy atom. The second-order valence-electron chi connectivity index (χ2n) is 7.28. The summed E-state index contributed by atoms with van der Waals surface area (Å²) in [6.45, 7) is 3.03. The van der Waals surface area contributed by atoms with E-state index in [4.69, 9.17) is 14.2 Å². The van der Waals surface area contributed by atoms with Crippen LogP contribution in [0.2, 0.25) is 0 Å². The molecule has 0 bridgehead atoms. The molecule has 0 saturated carbocycles. The van der Waals surface area contributed by atoms with Crippen LogP contribution in [0, 0.1) is 0 Å². The van der Waals surface area contributed by atoms with Crippen molar-refractivity contribution in [2.45, 2.75) is 19.6 Å². The average Bonchev–Trinajstić information content (AvgIpc) is 2.73. The van der Waals surface area contributed by atoms with E-state index >= 15 is 0 Å². The normalized spacial score (nSPS) is 17.8. The maximum atomic E-state index is 12.2. The van der Waals surface area contributed by atoms with Gasteiger partial charge in [-0.05, 0) is 23.8 Å².